The van der Waals surface area contributed by atoms with E-state index >= 15 is 0 Å². The summed E-state index contributed by atoms with van der Waals surface area (Å²) in [4.78, 5) is 15.1. The molecule has 7 aromatic rings. The fourth-order valence-corrected chi connectivity index (χ4v) is 7.44. The van der Waals surface area contributed by atoms with Crippen LogP contribution < -0.4 is 0 Å². The molecule has 2 aromatic heterocycles. The van der Waals surface area contributed by atoms with Crippen LogP contribution in [0.2, 0.25) is 0 Å². The zero-order valence-corrected chi connectivity index (χ0v) is 33.5. The van der Waals surface area contributed by atoms with Gasteiger partial charge in [0.15, 0.2) is 5.82 Å². The molecular formula is C49H46BrN3. The fraction of sp³-hybridized carbons (Fsp3) is 0.204. The molecule has 0 atom stereocenters. The van der Waals surface area contributed by atoms with Crippen molar-refractivity contribution in [3.05, 3.63) is 160 Å². The standard InChI is InChI=1S/C49H46BrN3/c1-31-25-32(2)27-37(26-31)40-11-9-10-12-41(40)42-23-17-35(28-43(42)50)44-24-18-36(30-51-44)47-52-45(33-13-19-38(20-14-33)48(3,4)5)29-46(53-47)34-15-21-39(22-16-34)49(6,7)8/h9-30H,1-8H3. The summed E-state index contributed by atoms with van der Waals surface area (Å²) >= 11 is 3.91. The second kappa shape index (κ2) is 14.3. The Kier molecular flexibility index (Phi) is 9.78. The Hall–Kier alpha value is -5.19. The van der Waals surface area contributed by atoms with Crippen LogP contribution in [0.15, 0.2) is 138 Å². The summed E-state index contributed by atoms with van der Waals surface area (Å²) in [6.45, 7) is 17.7. The van der Waals surface area contributed by atoms with E-state index in [2.05, 4.69) is 199 Å². The number of benzene rings is 5. The van der Waals surface area contributed by atoms with E-state index in [0.29, 0.717) is 5.82 Å². The first kappa shape index (κ1) is 36.2. The number of hydrogen-bond acceptors (Lipinski definition) is 3. The van der Waals surface area contributed by atoms with Crippen molar-refractivity contribution in [3.63, 3.8) is 0 Å². The largest absolute Gasteiger partial charge is 0.255 e. The van der Waals surface area contributed by atoms with E-state index in [1.807, 2.05) is 6.20 Å². The summed E-state index contributed by atoms with van der Waals surface area (Å²) in [6.07, 6.45) is 1.89. The lowest BCUT2D eigenvalue weighted by Crippen LogP contribution is -2.10. The quantitative estimate of drug-likeness (QED) is 0.170. The fourth-order valence-electron chi connectivity index (χ4n) is 6.84. The molecule has 0 unspecified atom stereocenters. The molecule has 0 aliphatic heterocycles. The molecule has 0 aliphatic rings. The third-order valence-electron chi connectivity index (χ3n) is 9.86. The molecule has 0 aliphatic carbocycles. The van der Waals surface area contributed by atoms with Crippen molar-refractivity contribution in [1.82, 2.24) is 15.0 Å². The van der Waals surface area contributed by atoms with Gasteiger partial charge < -0.3 is 0 Å². The van der Waals surface area contributed by atoms with Crippen LogP contribution in [-0.2, 0) is 10.8 Å². The van der Waals surface area contributed by atoms with Crippen LogP contribution in [0, 0.1) is 13.8 Å². The highest BCUT2D eigenvalue weighted by Crippen LogP contribution is 2.39. The Morgan fingerprint density at radius 1 is 0.434 bits per heavy atom. The molecule has 0 saturated carbocycles. The number of rotatable bonds is 6. The summed E-state index contributed by atoms with van der Waals surface area (Å²) in [5.74, 6) is 0.649. The summed E-state index contributed by atoms with van der Waals surface area (Å²) in [5.41, 5.74) is 16.7. The van der Waals surface area contributed by atoms with Crippen LogP contribution in [-0.4, -0.2) is 15.0 Å². The molecule has 7 rings (SSSR count). The lowest BCUT2D eigenvalue weighted by atomic mass is 9.86. The molecule has 264 valence electrons. The SMILES string of the molecule is Cc1cc(C)cc(-c2ccccc2-c2ccc(-c3ccc(-c4nc(-c5ccc(C(C)(C)C)cc5)cc(-c5ccc(C(C)(C)C)cc5)n4)cn3)cc2Br)c1. The van der Waals surface area contributed by atoms with Crippen LogP contribution in [0.25, 0.3) is 67.4 Å². The average molecular weight is 757 g/mol. The second-order valence-electron chi connectivity index (χ2n) is 16.2. The number of pyridine rings is 1. The third-order valence-corrected chi connectivity index (χ3v) is 10.5. The van der Waals surface area contributed by atoms with E-state index in [0.717, 1.165) is 49.4 Å². The first-order valence-corrected chi connectivity index (χ1v) is 19.1. The van der Waals surface area contributed by atoms with Gasteiger partial charge in [0.25, 0.3) is 0 Å². The van der Waals surface area contributed by atoms with Crippen molar-refractivity contribution in [2.24, 2.45) is 0 Å². The van der Waals surface area contributed by atoms with E-state index < -0.39 is 0 Å². The Labute approximate surface area is 323 Å². The van der Waals surface area contributed by atoms with E-state index in [1.165, 1.54) is 38.9 Å². The molecule has 0 N–H and O–H groups in total. The number of aryl methyl sites for hydroxylation is 2. The Morgan fingerprint density at radius 3 is 1.43 bits per heavy atom. The Balaban J connectivity index is 1.23. The van der Waals surface area contributed by atoms with Gasteiger partial charge in [-0.1, -0.05) is 172 Å². The smallest absolute Gasteiger partial charge is 0.161 e. The van der Waals surface area contributed by atoms with Crippen LogP contribution in [0.3, 0.4) is 0 Å². The van der Waals surface area contributed by atoms with Gasteiger partial charge in [-0.25, -0.2) is 9.97 Å². The molecule has 0 spiro atoms. The van der Waals surface area contributed by atoms with Crippen molar-refractivity contribution < 1.29 is 0 Å². The minimum Gasteiger partial charge on any atom is -0.255 e. The molecule has 0 saturated heterocycles. The molecule has 2 heterocycles. The molecule has 53 heavy (non-hydrogen) atoms. The summed E-state index contributed by atoms with van der Waals surface area (Å²) < 4.78 is 1.02. The predicted molar refractivity (Wildman–Crippen MR) is 227 cm³/mol. The molecule has 4 heteroatoms. The van der Waals surface area contributed by atoms with Crippen LogP contribution in [0.1, 0.15) is 63.8 Å². The predicted octanol–water partition coefficient (Wildman–Crippen LogP) is 13.8. The molecular weight excluding hydrogens is 710 g/mol. The molecule has 3 nitrogen and oxygen atoms in total. The minimum atomic E-state index is 0.0731. The summed E-state index contributed by atoms with van der Waals surface area (Å²) in [6, 6.07) is 45.6. The number of hydrogen-bond donors (Lipinski definition) is 0. The lowest BCUT2D eigenvalue weighted by Gasteiger charge is -2.19. The van der Waals surface area contributed by atoms with Gasteiger partial charge in [-0.15, -0.1) is 0 Å². The Bertz CT molecular complexity index is 2320. The maximum atomic E-state index is 5.10. The summed E-state index contributed by atoms with van der Waals surface area (Å²) in [5, 5.41) is 0. The normalized spacial score (nSPS) is 11.9. The van der Waals surface area contributed by atoms with E-state index in [1.54, 1.807) is 0 Å². The van der Waals surface area contributed by atoms with Gasteiger partial charge in [0.1, 0.15) is 0 Å². The van der Waals surface area contributed by atoms with Crippen LogP contribution in [0.4, 0.5) is 0 Å². The topological polar surface area (TPSA) is 38.7 Å². The highest BCUT2D eigenvalue weighted by molar-refractivity contribution is 9.10. The Morgan fingerprint density at radius 2 is 0.943 bits per heavy atom. The van der Waals surface area contributed by atoms with Gasteiger partial charge in [-0.3, -0.25) is 4.98 Å². The lowest BCUT2D eigenvalue weighted by molar-refractivity contribution is 0.590. The highest BCUT2D eigenvalue weighted by Gasteiger charge is 2.18. The molecule has 0 amide bonds. The molecule has 0 bridgehead atoms. The van der Waals surface area contributed by atoms with Crippen molar-refractivity contribution in [2.75, 3.05) is 0 Å². The zero-order valence-electron chi connectivity index (χ0n) is 31.9. The maximum Gasteiger partial charge on any atom is 0.161 e. The summed E-state index contributed by atoms with van der Waals surface area (Å²) in [7, 11) is 0. The van der Waals surface area contributed by atoms with E-state index in [9.17, 15) is 0 Å². The average Bonchev–Trinajstić information content (AvgIpc) is 3.14. The van der Waals surface area contributed by atoms with Gasteiger partial charge in [-0.2, -0.15) is 0 Å². The number of aromatic nitrogens is 3. The second-order valence-corrected chi connectivity index (χ2v) is 17.0. The van der Waals surface area contributed by atoms with Gasteiger partial charge in [0.2, 0.25) is 0 Å². The van der Waals surface area contributed by atoms with Crippen molar-refractivity contribution in [2.45, 2.75) is 66.2 Å². The maximum absolute atomic E-state index is 5.10. The minimum absolute atomic E-state index is 0.0731. The van der Waals surface area contributed by atoms with Crippen LogP contribution in [0.5, 0.6) is 0 Å². The zero-order chi connectivity index (χ0) is 37.5. The first-order chi connectivity index (χ1) is 25.2. The number of halogens is 1. The molecule has 5 aromatic carbocycles. The van der Waals surface area contributed by atoms with Gasteiger partial charge in [0, 0.05) is 32.9 Å². The van der Waals surface area contributed by atoms with Gasteiger partial charge >= 0.3 is 0 Å². The highest BCUT2D eigenvalue weighted by atomic mass is 79.9. The van der Waals surface area contributed by atoms with Crippen molar-refractivity contribution in [1.29, 1.82) is 0 Å². The first-order valence-electron chi connectivity index (χ1n) is 18.3. The third kappa shape index (κ3) is 7.94. The van der Waals surface area contributed by atoms with Crippen molar-refractivity contribution in [3.8, 4) is 67.4 Å². The van der Waals surface area contributed by atoms with E-state index in [4.69, 9.17) is 15.0 Å². The number of nitrogens with zero attached hydrogens (tertiary/aromatic N) is 3. The molecule has 0 radical (unpaired) electrons. The molecule has 0 fully saturated rings. The van der Waals surface area contributed by atoms with Gasteiger partial charge in [-0.05, 0) is 82.3 Å². The van der Waals surface area contributed by atoms with Gasteiger partial charge in [0.05, 0.1) is 17.1 Å². The monoisotopic (exact) mass is 755 g/mol. The van der Waals surface area contributed by atoms with Crippen molar-refractivity contribution >= 4 is 15.9 Å². The van der Waals surface area contributed by atoms with E-state index in [-0.39, 0.29) is 10.8 Å². The van der Waals surface area contributed by atoms with Crippen LogP contribution >= 0.6 is 15.9 Å².